The summed E-state index contributed by atoms with van der Waals surface area (Å²) in [6, 6.07) is 3.86. The van der Waals surface area contributed by atoms with E-state index >= 15 is 0 Å². The van der Waals surface area contributed by atoms with Gasteiger partial charge in [-0.15, -0.1) is 0 Å². The van der Waals surface area contributed by atoms with Crippen molar-refractivity contribution < 1.29 is 4.74 Å². The molecule has 20 heavy (non-hydrogen) atoms. The van der Waals surface area contributed by atoms with Crippen LogP contribution in [0.3, 0.4) is 0 Å². The summed E-state index contributed by atoms with van der Waals surface area (Å²) in [6.45, 7) is 13.5. The molecule has 0 amide bonds. The van der Waals surface area contributed by atoms with Crippen molar-refractivity contribution in [3.05, 3.63) is 12.1 Å². The Morgan fingerprint density at radius 1 is 1.20 bits per heavy atom. The van der Waals surface area contributed by atoms with E-state index in [0.717, 1.165) is 38.5 Å². The van der Waals surface area contributed by atoms with E-state index in [1.807, 2.05) is 32.9 Å². The molecule has 0 atom stereocenters. The van der Waals surface area contributed by atoms with Gasteiger partial charge in [0.2, 0.25) is 5.88 Å². The maximum Gasteiger partial charge on any atom is 0.239 e. The van der Waals surface area contributed by atoms with Gasteiger partial charge in [-0.3, -0.25) is 0 Å². The van der Waals surface area contributed by atoms with Crippen LogP contribution in [0, 0.1) is 0 Å². The third-order valence-corrected chi connectivity index (χ3v) is 3.42. The van der Waals surface area contributed by atoms with Crippen molar-refractivity contribution in [2.45, 2.75) is 33.3 Å². The zero-order chi connectivity index (χ0) is 14.8. The van der Waals surface area contributed by atoms with E-state index in [1.165, 1.54) is 0 Å². The largest absolute Gasteiger partial charge is 0.470 e. The normalized spacial score (nSPS) is 17.3. The minimum Gasteiger partial charge on any atom is -0.470 e. The number of pyridine rings is 1. The first-order chi connectivity index (χ1) is 9.39. The van der Waals surface area contributed by atoms with Crippen molar-refractivity contribution in [1.82, 2.24) is 9.88 Å². The standard InChI is InChI=1S/C15H26N4O/c1-5-18-8-10-19(11-9-18)13-7-6-12(16)14(17-13)20-15(2,3)4/h6-7H,5,8-11,16H2,1-4H3. The van der Waals surface area contributed by atoms with Crippen molar-refractivity contribution in [1.29, 1.82) is 0 Å². The van der Waals surface area contributed by atoms with Gasteiger partial charge in [0, 0.05) is 26.2 Å². The van der Waals surface area contributed by atoms with Gasteiger partial charge in [-0.2, -0.15) is 4.98 Å². The van der Waals surface area contributed by atoms with Crippen LogP contribution in [0.2, 0.25) is 0 Å². The van der Waals surface area contributed by atoms with Gasteiger partial charge < -0.3 is 20.3 Å². The predicted octanol–water partition coefficient (Wildman–Crippen LogP) is 1.98. The highest BCUT2D eigenvalue weighted by molar-refractivity contribution is 5.55. The molecule has 1 fully saturated rings. The summed E-state index contributed by atoms with van der Waals surface area (Å²) < 4.78 is 5.83. The van der Waals surface area contributed by atoms with Crippen LogP contribution in [0.1, 0.15) is 27.7 Å². The van der Waals surface area contributed by atoms with Gasteiger partial charge in [-0.25, -0.2) is 0 Å². The molecule has 5 heteroatoms. The molecular weight excluding hydrogens is 252 g/mol. The van der Waals surface area contributed by atoms with Gasteiger partial charge in [-0.1, -0.05) is 6.92 Å². The molecule has 0 bridgehead atoms. The molecule has 2 heterocycles. The SMILES string of the molecule is CCN1CCN(c2ccc(N)c(OC(C)(C)C)n2)CC1. The lowest BCUT2D eigenvalue weighted by Crippen LogP contribution is -2.46. The number of anilines is 2. The predicted molar refractivity (Wildman–Crippen MR) is 83.4 cm³/mol. The third-order valence-electron chi connectivity index (χ3n) is 3.42. The van der Waals surface area contributed by atoms with Gasteiger partial charge in [0.25, 0.3) is 0 Å². The van der Waals surface area contributed by atoms with Crippen molar-refractivity contribution >= 4 is 11.5 Å². The number of rotatable bonds is 3. The van der Waals surface area contributed by atoms with E-state index < -0.39 is 0 Å². The molecule has 0 saturated carbocycles. The first-order valence-electron chi connectivity index (χ1n) is 7.32. The Morgan fingerprint density at radius 2 is 1.85 bits per heavy atom. The molecule has 1 aliphatic heterocycles. The van der Waals surface area contributed by atoms with Crippen LogP contribution in [0.15, 0.2) is 12.1 Å². The zero-order valence-corrected chi connectivity index (χ0v) is 13.0. The summed E-state index contributed by atoms with van der Waals surface area (Å²) >= 11 is 0. The van der Waals surface area contributed by atoms with Crippen LogP contribution in [-0.2, 0) is 0 Å². The van der Waals surface area contributed by atoms with Crippen LogP contribution in [0.25, 0.3) is 0 Å². The van der Waals surface area contributed by atoms with E-state index in [-0.39, 0.29) is 5.60 Å². The van der Waals surface area contributed by atoms with Crippen LogP contribution in [-0.4, -0.2) is 48.2 Å². The quantitative estimate of drug-likeness (QED) is 0.916. The van der Waals surface area contributed by atoms with Crippen molar-refractivity contribution in [2.75, 3.05) is 43.4 Å². The Morgan fingerprint density at radius 3 is 2.40 bits per heavy atom. The minimum atomic E-state index is -0.291. The smallest absolute Gasteiger partial charge is 0.239 e. The number of aromatic nitrogens is 1. The molecule has 1 saturated heterocycles. The first kappa shape index (κ1) is 14.9. The molecule has 2 N–H and O–H groups in total. The fourth-order valence-corrected chi connectivity index (χ4v) is 2.28. The third kappa shape index (κ3) is 3.76. The lowest BCUT2D eigenvalue weighted by atomic mass is 10.2. The molecule has 1 aromatic rings. The van der Waals surface area contributed by atoms with Crippen LogP contribution in [0.4, 0.5) is 11.5 Å². The number of likely N-dealkylation sites (N-methyl/N-ethyl adjacent to an activating group) is 1. The number of nitrogens with zero attached hydrogens (tertiary/aromatic N) is 3. The summed E-state index contributed by atoms with van der Waals surface area (Å²) in [5.74, 6) is 1.49. The summed E-state index contributed by atoms with van der Waals surface area (Å²) in [5.41, 5.74) is 6.26. The molecule has 1 aliphatic rings. The van der Waals surface area contributed by atoms with Gasteiger partial charge in [0.1, 0.15) is 11.4 Å². The molecule has 0 aliphatic carbocycles. The Hall–Kier alpha value is -1.49. The number of hydrogen-bond donors (Lipinski definition) is 1. The average Bonchev–Trinajstić information content (AvgIpc) is 2.40. The lowest BCUT2D eigenvalue weighted by molar-refractivity contribution is 0.125. The topological polar surface area (TPSA) is 54.6 Å². The highest BCUT2D eigenvalue weighted by atomic mass is 16.5. The number of nitrogen functional groups attached to an aromatic ring is 1. The first-order valence-corrected chi connectivity index (χ1v) is 7.32. The molecule has 112 valence electrons. The van der Waals surface area contributed by atoms with E-state index in [9.17, 15) is 0 Å². The second kappa shape index (κ2) is 5.87. The molecule has 1 aromatic heterocycles. The summed E-state index contributed by atoms with van der Waals surface area (Å²) in [7, 11) is 0. The lowest BCUT2D eigenvalue weighted by Gasteiger charge is -2.35. The Labute approximate surface area is 121 Å². The highest BCUT2D eigenvalue weighted by Crippen LogP contribution is 2.26. The number of piperazine rings is 1. The molecule has 2 rings (SSSR count). The molecule has 0 aromatic carbocycles. The molecule has 0 spiro atoms. The maximum atomic E-state index is 5.96. The fraction of sp³-hybridized carbons (Fsp3) is 0.667. The molecule has 5 nitrogen and oxygen atoms in total. The summed E-state index contributed by atoms with van der Waals surface area (Å²) in [4.78, 5) is 9.33. The van der Waals surface area contributed by atoms with Gasteiger partial charge in [0.15, 0.2) is 0 Å². The molecule has 0 unspecified atom stereocenters. The van der Waals surface area contributed by atoms with Gasteiger partial charge in [-0.05, 0) is 39.4 Å². The fourth-order valence-electron chi connectivity index (χ4n) is 2.28. The van der Waals surface area contributed by atoms with Crippen molar-refractivity contribution in [2.24, 2.45) is 0 Å². The second-order valence-corrected chi connectivity index (χ2v) is 6.20. The summed E-state index contributed by atoms with van der Waals surface area (Å²) in [5, 5.41) is 0. The Kier molecular flexibility index (Phi) is 4.38. The summed E-state index contributed by atoms with van der Waals surface area (Å²) in [6.07, 6.45) is 0. The van der Waals surface area contributed by atoms with E-state index in [4.69, 9.17) is 10.5 Å². The highest BCUT2D eigenvalue weighted by Gasteiger charge is 2.20. The molecular formula is C15H26N4O. The second-order valence-electron chi connectivity index (χ2n) is 6.20. The Bertz CT molecular complexity index is 448. The van der Waals surface area contributed by atoms with E-state index in [1.54, 1.807) is 0 Å². The van der Waals surface area contributed by atoms with Gasteiger partial charge >= 0.3 is 0 Å². The number of hydrogen-bond acceptors (Lipinski definition) is 5. The van der Waals surface area contributed by atoms with Crippen LogP contribution < -0.4 is 15.4 Å². The van der Waals surface area contributed by atoms with Gasteiger partial charge in [0.05, 0.1) is 5.69 Å². The van der Waals surface area contributed by atoms with Crippen molar-refractivity contribution in [3.63, 3.8) is 0 Å². The molecule has 0 radical (unpaired) electrons. The minimum absolute atomic E-state index is 0.291. The van der Waals surface area contributed by atoms with Crippen LogP contribution >= 0.6 is 0 Å². The monoisotopic (exact) mass is 278 g/mol. The zero-order valence-electron chi connectivity index (χ0n) is 13.0. The van der Waals surface area contributed by atoms with E-state index in [2.05, 4.69) is 21.7 Å². The number of nitrogens with two attached hydrogens (primary N) is 1. The van der Waals surface area contributed by atoms with Crippen molar-refractivity contribution in [3.8, 4) is 5.88 Å². The Balaban J connectivity index is 2.11. The maximum absolute atomic E-state index is 5.96. The average molecular weight is 278 g/mol. The number of ether oxygens (including phenoxy) is 1. The van der Waals surface area contributed by atoms with Crippen LogP contribution in [0.5, 0.6) is 5.88 Å². The van der Waals surface area contributed by atoms with E-state index in [0.29, 0.717) is 11.6 Å².